The van der Waals surface area contributed by atoms with Crippen LogP contribution in [-0.4, -0.2) is 20.9 Å². The van der Waals surface area contributed by atoms with Crippen molar-refractivity contribution in [1.29, 1.82) is 0 Å². The van der Waals surface area contributed by atoms with Crippen molar-refractivity contribution in [1.82, 2.24) is 9.78 Å². The van der Waals surface area contributed by atoms with Gasteiger partial charge in [-0.1, -0.05) is 18.2 Å². The summed E-state index contributed by atoms with van der Waals surface area (Å²) >= 11 is 0. The van der Waals surface area contributed by atoms with Crippen LogP contribution in [0.15, 0.2) is 42.6 Å². The summed E-state index contributed by atoms with van der Waals surface area (Å²) in [5, 5.41) is 12.9. The zero-order valence-electron chi connectivity index (χ0n) is 8.71. The van der Waals surface area contributed by atoms with Crippen LogP contribution >= 0.6 is 0 Å². The molecule has 4 heteroatoms. The van der Waals surface area contributed by atoms with Crippen molar-refractivity contribution in [2.24, 2.45) is 0 Å². The predicted molar refractivity (Wildman–Crippen MR) is 59.5 cm³/mol. The van der Waals surface area contributed by atoms with E-state index in [2.05, 4.69) is 5.10 Å². The molecule has 1 heterocycles. The Bertz CT molecular complexity index is 477. The van der Waals surface area contributed by atoms with Crippen molar-refractivity contribution < 1.29 is 9.90 Å². The number of carbonyl (C=O) groups is 1. The number of aromatic nitrogens is 2. The molecular formula is C12H12N2O2. The highest BCUT2D eigenvalue weighted by Gasteiger charge is 2.03. The van der Waals surface area contributed by atoms with Gasteiger partial charge >= 0.3 is 5.97 Å². The number of nitrogens with zero attached hydrogens (tertiary/aromatic N) is 2. The van der Waals surface area contributed by atoms with E-state index in [9.17, 15) is 4.79 Å². The van der Waals surface area contributed by atoms with E-state index in [1.807, 2.05) is 42.6 Å². The Morgan fingerprint density at radius 1 is 1.25 bits per heavy atom. The highest BCUT2D eigenvalue weighted by Crippen LogP contribution is 2.07. The van der Waals surface area contributed by atoms with Gasteiger partial charge in [-0.05, 0) is 18.2 Å². The highest BCUT2D eigenvalue weighted by molar-refractivity contribution is 5.66. The largest absolute Gasteiger partial charge is 0.481 e. The fourth-order valence-corrected chi connectivity index (χ4v) is 1.45. The minimum atomic E-state index is -0.797. The lowest BCUT2D eigenvalue weighted by atomic mass is 10.2. The molecule has 1 N–H and O–H groups in total. The molecule has 0 spiro atoms. The second-order valence-corrected chi connectivity index (χ2v) is 3.48. The molecule has 4 nitrogen and oxygen atoms in total. The number of hydrogen-bond donors (Lipinski definition) is 1. The zero-order chi connectivity index (χ0) is 11.4. The molecule has 1 aromatic heterocycles. The molecule has 2 rings (SSSR count). The molecule has 0 amide bonds. The molecule has 16 heavy (non-hydrogen) atoms. The molecule has 0 saturated carbocycles. The smallest absolute Gasteiger partial charge is 0.303 e. The molecule has 0 bridgehead atoms. The first-order chi connectivity index (χ1) is 7.75. The molecule has 0 saturated heterocycles. The maximum absolute atomic E-state index is 10.4. The van der Waals surface area contributed by atoms with Crippen molar-refractivity contribution >= 4 is 5.97 Å². The van der Waals surface area contributed by atoms with Crippen LogP contribution in [-0.2, 0) is 11.2 Å². The first-order valence-electron chi connectivity index (χ1n) is 5.07. The number of carboxylic acid groups (broad SMARTS) is 1. The van der Waals surface area contributed by atoms with Crippen LogP contribution in [0.1, 0.15) is 12.1 Å². The van der Waals surface area contributed by atoms with Crippen LogP contribution in [0, 0.1) is 0 Å². The topological polar surface area (TPSA) is 55.1 Å². The molecule has 0 fully saturated rings. The second-order valence-electron chi connectivity index (χ2n) is 3.48. The summed E-state index contributed by atoms with van der Waals surface area (Å²) in [7, 11) is 0. The fraction of sp³-hybridized carbons (Fsp3) is 0.167. The molecule has 82 valence electrons. The molecule has 0 atom stereocenters. The fourth-order valence-electron chi connectivity index (χ4n) is 1.45. The summed E-state index contributed by atoms with van der Waals surface area (Å²) in [6.07, 6.45) is 2.42. The SMILES string of the molecule is O=C(O)CCc1ccn(-c2ccccc2)n1. The molecule has 0 unspecified atom stereocenters. The van der Waals surface area contributed by atoms with Crippen LogP contribution in [0.3, 0.4) is 0 Å². The van der Waals surface area contributed by atoms with Gasteiger partial charge in [-0.2, -0.15) is 5.10 Å². The predicted octanol–water partition coefficient (Wildman–Crippen LogP) is 1.89. The van der Waals surface area contributed by atoms with Crippen molar-refractivity contribution in [3.05, 3.63) is 48.3 Å². The van der Waals surface area contributed by atoms with Crippen molar-refractivity contribution in [2.75, 3.05) is 0 Å². The molecule has 2 aromatic rings. The van der Waals surface area contributed by atoms with Crippen molar-refractivity contribution in [2.45, 2.75) is 12.8 Å². The van der Waals surface area contributed by atoms with Gasteiger partial charge < -0.3 is 5.11 Å². The van der Waals surface area contributed by atoms with E-state index in [1.165, 1.54) is 0 Å². The normalized spacial score (nSPS) is 10.2. The van der Waals surface area contributed by atoms with E-state index in [0.717, 1.165) is 11.4 Å². The zero-order valence-corrected chi connectivity index (χ0v) is 8.71. The molecular weight excluding hydrogens is 204 g/mol. The molecule has 1 aromatic carbocycles. The first-order valence-corrected chi connectivity index (χ1v) is 5.07. The number of aliphatic carboxylic acids is 1. The summed E-state index contributed by atoms with van der Waals surface area (Å²) in [5.74, 6) is -0.797. The van der Waals surface area contributed by atoms with Gasteiger partial charge in [0.15, 0.2) is 0 Å². The van der Waals surface area contributed by atoms with E-state index in [1.54, 1.807) is 4.68 Å². The Morgan fingerprint density at radius 2 is 2.00 bits per heavy atom. The summed E-state index contributed by atoms with van der Waals surface area (Å²) in [6, 6.07) is 11.6. The van der Waals surface area contributed by atoms with E-state index >= 15 is 0 Å². The number of aryl methyl sites for hydroxylation is 1. The highest BCUT2D eigenvalue weighted by atomic mass is 16.4. The lowest BCUT2D eigenvalue weighted by Crippen LogP contribution is -1.99. The maximum atomic E-state index is 10.4. The van der Waals surface area contributed by atoms with Crippen LogP contribution in [0.5, 0.6) is 0 Å². The Balaban J connectivity index is 2.11. The Kier molecular flexibility index (Phi) is 3.00. The summed E-state index contributed by atoms with van der Waals surface area (Å²) in [5.41, 5.74) is 1.77. The standard InChI is InChI=1S/C12H12N2O2/c15-12(16)7-6-10-8-9-14(13-10)11-4-2-1-3-5-11/h1-5,8-9H,6-7H2,(H,15,16). The Morgan fingerprint density at radius 3 is 2.69 bits per heavy atom. The second kappa shape index (κ2) is 4.61. The number of hydrogen-bond acceptors (Lipinski definition) is 2. The van der Waals surface area contributed by atoms with Crippen LogP contribution in [0.4, 0.5) is 0 Å². The molecule has 0 aliphatic heterocycles. The minimum absolute atomic E-state index is 0.117. The lowest BCUT2D eigenvalue weighted by Gasteiger charge is -1.99. The average Bonchev–Trinajstić information content (AvgIpc) is 2.76. The average molecular weight is 216 g/mol. The van der Waals surface area contributed by atoms with E-state index in [4.69, 9.17) is 5.11 Å². The van der Waals surface area contributed by atoms with Gasteiger partial charge in [-0.3, -0.25) is 4.79 Å². The number of carboxylic acids is 1. The number of rotatable bonds is 4. The van der Waals surface area contributed by atoms with Gasteiger partial charge in [0.05, 0.1) is 17.8 Å². The molecule has 0 radical (unpaired) electrons. The third-order valence-electron chi connectivity index (χ3n) is 2.26. The van der Waals surface area contributed by atoms with Crippen LogP contribution in [0.25, 0.3) is 5.69 Å². The first kappa shape index (κ1) is 10.4. The summed E-state index contributed by atoms with van der Waals surface area (Å²) < 4.78 is 1.75. The third-order valence-corrected chi connectivity index (χ3v) is 2.26. The van der Waals surface area contributed by atoms with Crippen molar-refractivity contribution in [3.63, 3.8) is 0 Å². The molecule has 0 aliphatic rings. The maximum Gasteiger partial charge on any atom is 0.303 e. The quantitative estimate of drug-likeness (QED) is 0.849. The van der Waals surface area contributed by atoms with Crippen molar-refractivity contribution in [3.8, 4) is 5.69 Å². The lowest BCUT2D eigenvalue weighted by molar-refractivity contribution is -0.136. The monoisotopic (exact) mass is 216 g/mol. The summed E-state index contributed by atoms with van der Waals surface area (Å²) in [6.45, 7) is 0. The van der Waals surface area contributed by atoms with Gasteiger partial charge in [0.2, 0.25) is 0 Å². The van der Waals surface area contributed by atoms with Crippen LogP contribution < -0.4 is 0 Å². The Labute approximate surface area is 93.1 Å². The Hall–Kier alpha value is -2.10. The van der Waals surface area contributed by atoms with E-state index in [-0.39, 0.29) is 6.42 Å². The van der Waals surface area contributed by atoms with Gasteiger partial charge in [0, 0.05) is 12.6 Å². The minimum Gasteiger partial charge on any atom is -0.481 e. The third kappa shape index (κ3) is 2.48. The molecule has 0 aliphatic carbocycles. The number of benzene rings is 1. The van der Waals surface area contributed by atoms with Gasteiger partial charge in [-0.15, -0.1) is 0 Å². The van der Waals surface area contributed by atoms with Crippen LogP contribution in [0.2, 0.25) is 0 Å². The van der Waals surface area contributed by atoms with E-state index < -0.39 is 5.97 Å². The van der Waals surface area contributed by atoms with Gasteiger partial charge in [0.1, 0.15) is 0 Å². The van der Waals surface area contributed by atoms with Gasteiger partial charge in [0.25, 0.3) is 0 Å². The number of para-hydroxylation sites is 1. The summed E-state index contributed by atoms with van der Waals surface area (Å²) in [4.78, 5) is 10.4. The van der Waals surface area contributed by atoms with E-state index in [0.29, 0.717) is 6.42 Å². The van der Waals surface area contributed by atoms with Gasteiger partial charge in [-0.25, -0.2) is 4.68 Å².